The minimum atomic E-state index is 1.12. The van der Waals surface area contributed by atoms with Crippen LogP contribution in [0.3, 0.4) is 0 Å². The SMILES string of the molecule is CCCCCCc1[c]occ1. The molecule has 0 atom stereocenters. The predicted molar refractivity (Wildman–Crippen MR) is 45.4 cm³/mol. The lowest BCUT2D eigenvalue weighted by Crippen LogP contribution is -1.81. The van der Waals surface area contributed by atoms with E-state index in [1.165, 1.54) is 31.2 Å². The molecule has 1 aromatic rings. The summed E-state index contributed by atoms with van der Waals surface area (Å²) in [5.74, 6) is 0. The Morgan fingerprint density at radius 2 is 2.27 bits per heavy atom. The molecule has 0 spiro atoms. The summed E-state index contributed by atoms with van der Waals surface area (Å²) < 4.78 is 4.85. The number of rotatable bonds is 5. The lowest BCUT2D eigenvalue weighted by atomic mass is 10.1. The second-order valence-electron chi connectivity index (χ2n) is 2.86. The summed E-state index contributed by atoms with van der Waals surface area (Å²) in [6, 6.07) is 1.99. The van der Waals surface area contributed by atoms with Crippen molar-refractivity contribution < 1.29 is 4.42 Å². The van der Waals surface area contributed by atoms with Crippen LogP contribution in [0.5, 0.6) is 0 Å². The molecule has 0 aromatic carbocycles. The minimum Gasteiger partial charge on any atom is -0.461 e. The van der Waals surface area contributed by atoms with Crippen LogP contribution in [-0.4, -0.2) is 0 Å². The summed E-state index contributed by atoms with van der Waals surface area (Å²) in [6.07, 6.45) is 10.9. The Balaban J connectivity index is 2.04. The molecule has 0 aliphatic heterocycles. The van der Waals surface area contributed by atoms with E-state index in [1.54, 1.807) is 6.26 Å². The van der Waals surface area contributed by atoms with Crippen LogP contribution < -0.4 is 0 Å². The van der Waals surface area contributed by atoms with Gasteiger partial charge in [-0.15, -0.1) is 0 Å². The molecular formula is C10H15O. The molecule has 1 rings (SSSR count). The quantitative estimate of drug-likeness (QED) is 0.589. The van der Waals surface area contributed by atoms with Crippen LogP contribution in [0.2, 0.25) is 0 Å². The molecule has 0 unspecified atom stereocenters. The highest BCUT2D eigenvalue weighted by Crippen LogP contribution is 2.06. The van der Waals surface area contributed by atoms with E-state index in [1.807, 2.05) is 6.07 Å². The summed E-state index contributed by atoms with van der Waals surface area (Å²) in [7, 11) is 0. The minimum absolute atomic E-state index is 1.12. The molecule has 0 aliphatic rings. The molecule has 1 heteroatoms. The number of hydrogen-bond acceptors (Lipinski definition) is 1. The highest BCUT2D eigenvalue weighted by atomic mass is 16.3. The van der Waals surface area contributed by atoms with Crippen molar-refractivity contribution >= 4 is 0 Å². The Morgan fingerprint density at radius 3 is 2.91 bits per heavy atom. The van der Waals surface area contributed by atoms with E-state index >= 15 is 0 Å². The van der Waals surface area contributed by atoms with Gasteiger partial charge in [0, 0.05) is 5.56 Å². The van der Waals surface area contributed by atoms with Gasteiger partial charge in [0.25, 0.3) is 0 Å². The third kappa shape index (κ3) is 3.26. The average Bonchev–Trinajstić information content (AvgIpc) is 2.50. The topological polar surface area (TPSA) is 13.1 Å². The van der Waals surface area contributed by atoms with Crippen LogP contribution in [0.15, 0.2) is 16.7 Å². The van der Waals surface area contributed by atoms with E-state index in [2.05, 4.69) is 13.2 Å². The van der Waals surface area contributed by atoms with Gasteiger partial charge in [-0.3, -0.25) is 0 Å². The first-order chi connectivity index (χ1) is 5.43. The second-order valence-corrected chi connectivity index (χ2v) is 2.86. The van der Waals surface area contributed by atoms with Crippen molar-refractivity contribution in [3.63, 3.8) is 0 Å². The average molecular weight is 151 g/mol. The predicted octanol–water partition coefficient (Wildman–Crippen LogP) is 3.20. The lowest BCUT2D eigenvalue weighted by Gasteiger charge is -1.95. The molecule has 0 aliphatic carbocycles. The summed E-state index contributed by atoms with van der Waals surface area (Å²) in [6.45, 7) is 2.23. The number of hydrogen-bond donors (Lipinski definition) is 0. The maximum atomic E-state index is 4.85. The van der Waals surface area contributed by atoms with E-state index in [9.17, 15) is 0 Å². The van der Waals surface area contributed by atoms with Crippen LogP contribution in [0, 0.1) is 6.26 Å². The van der Waals surface area contributed by atoms with Gasteiger partial charge in [-0.25, -0.2) is 0 Å². The van der Waals surface area contributed by atoms with Gasteiger partial charge in [-0.2, -0.15) is 0 Å². The second kappa shape index (κ2) is 5.00. The zero-order valence-corrected chi connectivity index (χ0v) is 7.10. The third-order valence-corrected chi connectivity index (χ3v) is 1.83. The monoisotopic (exact) mass is 151 g/mol. The molecule has 0 N–H and O–H groups in total. The first kappa shape index (κ1) is 8.38. The third-order valence-electron chi connectivity index (χ3n) is 1.83. The van der Waals surface area contributed by atoms with Crippen molar-refractivity contribution in [2.75, 3.05) is 0 Å². The lowest BCUT2D eigenvalue weighted by molar-refractivity contribution is 0.552. The zero-order valence-electron chi connectivity index (χ0n) is 7.10. The van der Waals surface area contributed by atoms with Crippen LogP contribution in [0.4, 0.5) is 0 Å². The van der Waals surface area contributed by atoms with Gasteiger partial charge in [0.1, 0.15) is 0 Å². The van der Waals surface area contributed by atoms with Crippen LogP contribution in [0.1, 0.15) is 38.2 Å². The van der Waals surface area contributed by atoms with Gasteiger partial charge in [0.15, 0.2) is 6.26 Å². The molecule has 0 saturated heterocycles. The fourth-order valence-corrected chi connectivity index (χ4v) is 1.14. The standard InChI is InChI=1S/C10H15O/c1-2-3-4-5-6-10-7-8-11-9-10/h7-8H,2-6H2,1H3. The maximum absolute atomic E-state index is 4.85. The number of furan rings is 1. The van der Waals surface area contributed by atoms with Crippen LogP contribution in [-0.2, 0) is 6.42 Å². The molecule has 1 nitrogen and oxygen atoms in total. The fourth-order valence-electron chi connectivity index (χ4n) is 1.14. The maximum Gasteiger partial charge on any atom is 0.172 e. The Bertz CT molecular complexity index is 165. The molecule has 1 radical (unpaired) electrons. The summed E-state index contributed by atoms with van der Waals surface area (Å²) in [4.78, 5) is 0. The molecule has 61 valence electrons. The zero-order chi connectivity index (χ0) is 7.94. The van der Waals surface area contributed by atoms with Crippen molar-refractivity contribution in [1.29, 1.82) is 0 Å². The molecule has 11 heavy (non-hydrogen) atoms. The molecule has 1 heterocycles. The first-order valence-corrected chi connectivity index (χ1v) is 4.37. The van der Waals surface area contributed by atoms with Gasteiger partial charge in [-0.05, 0) is 18.9 Å². The smallest absolute Gasteiger partial charge is 0.172 e. The Morgan fingerprint density at radius 1 is 1.36 bits per heavy atom. The van der Waals surface area contributed by atoms with Gasteiger partial charge in [0.2, 0.25) is 0 Å². The Hall–Kier alpha value is -0.720. The van der Waals surface area contributed by atoms with Gasteiger partial charge < -0.3 is 4.42 Å². The van der Waals surface area contributed by atoms with Crippen molar-refractivity contribution in [1.82, 2.24) is 0 Å². The molecule has 0 saturated carbocycles. The highest BCUT2D eigenvalue weighted by Gasteiger charge is 1.93. The molecule has 1 aromatic heterocycles. The molecule has 0 amide bonds. The van der Waals surface area contributed by atoms with Crippen molar-refractivity contribution in [3.05, 3.63) is 24.2 Å². The van der Waals surface area contributed by atoms with E-state index < -0.39 is 0 Å². The van der Waals surface area contributed by atoms with E-state index in [-0.39, 0.29) is 0 Å². The number of aryl methyl sites for hydroxylation is 1. The summed E-state index contributed by atoms with van der Waals surface area (Å²) in [5, 5.41) is 0. The highest BCUT2D eigenvalue weighted by molar-refractivity contribution is 5.03. The Labute approximate surface area is 68.4 Å². The molecule has 0 fully saturated rings. The number of unbranched alkanes of at least 4 members (excludes halogenated alkanes) is 3. The molecule has 0 bridgehead atoms. The van der Waals surface area contributed by atoms with Gasteiger partial charge >= 0.3 is 0 Å². The normalized spacial score (nSPS) is 10.3. The van der Waals surface area contributed by atoms with Crippen molar-refractivity contribution in [2.24, 2.45) is 0 Å². The van der Waals surface area contributed by atoms with E-state index in [0.717, 1.165) is 6.42 Å². The van der Waals surface area contributed by atoms with Crippen molar-refractivity contribution in [2.45, 2.75) is 39.0 Å². The molecular weight excluding hydrogens is 136 g/mol. The van der Waals surface area contributed by atoms with E-state index in [0.29, 0.717) is 0 Å². The largest absolute Gasteiger partial charge is 0.461 e. The first-order valence-electron chi connectivity index (χ1n) is 4.37. The van der Waals surface area contributed by atoms with Crippen LogP contribution in [0.25, 0.3) is 0 Å². The van der Waals surface area contributed by atoms with Gasteiger partial charge in [-0.1, -0.05) is 26.2 Å². The fraction of sp³-hybridized carbons (Fsp3) is 0.600. The van der Waals surface area contributed by atoms with E-state index in [4.69, 9.17) is 4.42 Å². The van der Waals surface area contributed by atoms with Crippen LogP contribution >= 0.6 is 0 Å². The Kier molecular flexibility index (Phi) is 3.81. The van der Waals surface area contributed by atoms with Gasteiger partial charge in [0.05, 0.1) is 6.26 Å². The summed E-state index contributed by atoms with van der Waals surface area (Å²) in [5.41, 5.74) is 1.21. The summed E-state index contributed by atoms with van der Waals surface area (Å²) >= 11 is 0. The van der Waals surface area contributed by atoms with Crippen molar-refractivity contribution in [3.8, 4) is 0 Å².